The lowest BCUT2D eigenvalue weighted by atomic mass is 10.0. The first-order chi connectivity index (χ1) is 17.8. The van der Waals surface area contributed by atoms with E-state index >= 15 is 0 Å². The highest BCUT2D eigenvalue weighted by molar-refractivity contribution is 5.52. The molecule has 3 saturated carbocycles. The maximum absolute atomic E-state index is 4.81. The Hall–Kier alpha value is -1.52. The van der Waals surface area contributed by atoms with E-state index in [1.165, 1.54) is 135 Å². The van der Waals surface area contributed by atoms with Gasteiger partial charge in [-0.05, 0) is 37.0 Å². The van der Waals surface area contributed by atoms with Gasteiger partial charge in [-0.1, -0.05) is 116 Å². The Morgan fingerprint density at radius 1 is 0.500 bits per heavy atom. The molecule has 3 N–H and O–H groups in total. The Morgan fingerprint density at radius 2 is 0.861 bits per heavy atom. The van der Waals surface area contributed by atoms with Gasteiger partial charge in [0.25, 0.3) is 0 Å². The summed E-state index contributed by atoms with van der Waals surface area (Å²) in [6.45, 7) is 2.98. The molecule has 3 fully saturated rings. The summed E-state index contributed by atoms with van der Waals surface area (Å²) >= 11 is 0. The van der Waals surface area contributed by atoms with Gasteiger partial charge in [0.2, 0.25) is 5.95 Å². The molecule has 0 aromatic carbocycles. The van der Waals surface area contributed by atoms with E-state index in [1.54, 1.807) is 0 Å². The largest absolute Gasteiger partial charge is 0.370 e. The van der Waals surface area contributed by atoms with E-state index in [0.29, 0.717) is 0 Å². The van der Waals surface area contributed by atoms with Crippen molar-refractivity contribution in [3.05, 3.63) is 6.07 Å². The van der Waals surface area contributed by atoms with E-state index in [2.05, 4.69) is 22.0 Å². The third-order valence-electron chi connectivity index (χ3n) is 9.16. The smallest absolute Gasteiger partial charge is 0.226 e. The molecule has 1 aromatic rings. The van der Waals surface area contributed by atoms with Crippen LogP contribution in [0.5, 0.6) is 0 Å². The predicted molar refractivity (Wildman–Crippen MR) is 155 cm³/mol. The van der Waals surface area contributed by atoms with Crippen LogP contribution in [0.2, 0.25) is 0 Å². The highest BCUT2D eigenvalue weighted by atomic mass is 15.2. The number of unbranched alkanes of at least 4 members (excludes halogenated alkanes) is 3. The lowest BCUT2D eigenvalue weighted by molar-refractivity contribution is 0.477. The average molecular weight is 498 g/mol. The van der Waals surface area contributed by atoms with Gasteiger partial charge < -0.3 is 16.0 Å². The zero-order valence-electron chi connectivity index (χ0n) is 23.2. The van der Waals surface area contributed by atoms with Crippen molar-refractivity contribution in [3.8, 4) is 0 Å². The zero-order valence-corrected chi connectivity index (χ0v) is 23.2. The van der Waals surface area contributed by atoms with Crippen LogP contribution in [0.3, 0.4) is 0 Å². The molecule has 0 radical (unpaired) electrons. The second-order valence-electron chi connectivity index (χ2n) is 12.2. The monoisotopic (exact) mass is 497 g/mol. The lowest BCUT2D eigenvalue weighted by Crippen LogP contribution is -2.12. The van der Waals surface area contributed by atoms with Crippen LogP contribution < -0.4 is 16.0 Å². The van der Waals surface area contributed by atoms with Crippen LogP contribution in [0.15, 0.2) is 6.07 Å². The summed E-state index contributed by atoms with van der Waals surface area (Å²) in [5.74, 6) is 5.70. The van der Waals surface area contributed by atoms with Crippen molar-refractivity contribution in [2.45, 2.75) is 135 Å². The van der Waals surface area contributed by atoms with E-state index in [-0.39, 0.29) is 0 Å². The van der Waals surface area contributed by atoms with Gasteiger partial charge in [-0.2, -0.15) is 9.97 Å². The Kier molecular flexibility index (Phi) is 12.5. The number of nitrogens with zero attached hydrogens (tertiary/aromatic N) is 2. The van der Waals surface area contributed by atoms with Crippen LogP contribution in [0, 0.1) is 17.8 Å². The second-order valence-corrected chi connectivity index (χ2v) is 12.2. The molecule has 5 heteroatoms. The van der Waals surface area contributed by atoms with Crippen molar-refractivity contribution in [2.75, 3.05) is 35.6 Å². The van der Waals surface area contributed by atoms with Crippen molar-refractivity contribution in [1.29, 1.82) is 0 Å². The minimum absolute atomic E-state index is 0.778. The number of aromatic nitrogens is 2. The molecule has 0 aliphatic heterocycles. The van der Waals surface area contributed by atoms with Crippen LogP contribution in [-0.2, 0) is 0 Å². The fraction of sp³-hybridized carbons (Fsp3) is 0.871. The topological polar surface area (TPSA) is 61.9 Å². The quantitative estimate of drug-likeness (QED) is 0.177. The number of hydrogen-bond donors (Lipinski definition) is 3. The van der Waals surface area contributed by atoms with Crippen LogP contribution >= 0.6 is 0 Å². The van der Waals surface area contributed by atoms with Gasteiger partial charge in [0.15, 0.2) is 0 Å². The molecule has 0 amide bonds. The van der Waals surface area contributed by atoms with Gasteiger partial charge in [0, 0.05) is 25.7 Å². The van der Waals surface area contributed by atoms with Crippen molar-refractivity contribution in [3.63, 3.8) is 0 Å². The summed E-state index contributed by atoms with van der Waals surface area (Å²) in [6, 6.07) is 2.11. The van der Waals surface area contributed by atoms with Crippen LogP contribution in [0.4, 0.5) is 17.6 Å². The molecule has 4 rings (SSSR count). The molecule has 0 unspecified atom stereocenters. The fourth-order valence-corrected chi connectivity index (χ4v) is 6.91. The molecule has 0 atom stereocenters. The van der Waals surface area contributed by atoms with Crippen molar-refractivity contribution in [2.24, 2.45) is 17.8 Å². The first-order valence-electron chi connectivity index (χ1n) is 16.0. The second kappa shape index (κ2) is 16.3. The zero-order chi connectivity index (χ0) is 24.7. The highest BCUT2D eigenvalue weighted by Crippen LogP contribution is 2.30. The fourth-order valence-electron chi connectivity index (χ4n) is 6.91. The van der Waals surface area contributed by atoms with Crippen LogP contribution in [0.1, 0.15) is 135 Å². The van der Waals surface area contributed by atoms with E-state index in [9.17, 15) is 0 Å². The molecule has 36 heavy (non-hydrogen) atoms. The molecule has 5 nitrogen and oxygen atoms in total. The molecular formula is C31H55N5. The standard InChI is InChI=1S/C31H55N5/c1-2-14-26(13-1)19-7-10-22-32-29-25-30(33-23-11-8-20-27-15-3-4-16-27)36-31(35-29)34-24-12-9-21-28-17-5-6-18-28/h25-28H,1-24H2,(H3,32,33,34,35,36). The van der Waals surface area contributed by atoms with Crippen molar-refractivity contribution in [1.82, 2.24) is 9.97 Å². The van der Waals surface area contributed by atoms with Gasteiger partial charge in [-0.3, -0.25) is 0 Å². The number of nitrogens with one attached hydrogen (secondary N) is 3. The van der Waals surface area contributed by atoms with Gasteiger partial charge in [0.1, 0.15) is 11.6 Å². The first kappa shape index (κ1) is 27.5. The molecule has 0 spiro atoms. The van der Waals surface area contributed by atoms with Crippen LogP contribution in [-0.4, -0.2) is 29.6 Å². The highest BCUT2D eigenvalue weighted by Gasteiger charge is 2.16. The average Bonchev–Trinajstić information content (AvgIpc) is 3.68. The van der Waals surface area contributed by atoms with E-state index in [4.69, 9.17) is 9.97 Å². The Balaban J connectivity index is 1.18. The van der Waals surface area contributed by atoms with Gasteiger partial charge in [-0.25, -0.2) is 0 Å². The van der Waals surface area contributed by atoms with Crippen molar-refractivity contribution < 1.29 is 0 Å². The van der Waals surface area contributed by atoms with E-state index < -0.39 is 0 Å². The van der Waals surface area contributed by atoms with Crippen molar-refractivity contribution >= 4 is 17.6 Å². The number of rotatable bonds is 18. The van der Waals surface area contributed by atoms with Crippen LogP contribution in [0.25, 0.3) is 0 Å². The summed E-state index contributed by atoms with van der Waals surface area (Å²) in [5, 5.41) is 10.7. The molecule has 3 aliphatic carbocycles. The summed E-state index contributed by atoms with van der Waals surface area (Å²) < 4.78 is 0. The summed E-state index contributed by atoms with van der Waals surface area (Å²) in [5.41, 5.74) is 0. The summed E-state index contributed by atoms with van der Waals surface area (Å²) in [6.07, 6.45) is 29.4. The molecular weight excluding hydrogens is 442 g/mol. The predicted octanol–water partition coefficient (Wildman–Crippen LogP) is 8.79. The van der Waals surface area contributed by atoms with E-state index in [1.807, 2.05) is 0 Å². The number of anilines is 3. The molecule has 0 bridgehead atoms. The first-order valence-corrected chi connectivity index (χ1v) is 16.0. The Labute approximate surface area is 221 Å². The van der Waals surface area contributed by atoms with Gasteiger partial charge in [0.05, 0.1) is 0 Å². The van der Waals surface area contributed by atoms with E-state index in [0.717, 1.165) is 55.0 Å². The minimum Gasteiger partial charge on any atom is -0.370 e. The third kappa shape index (κ3) is 10.5. The number of hydrogen-bond acceptors (Lipinski definition) is 5. The molecule has 3 aliphatic rings. The maximum Gasteiger partial charge on any atom is 0.226 e. The van der Waals surface area contributed by atoms with Gasteiger partial charge >= 0.3 is 0 Å². The third-order valence-corrected chi connectivity index (χ3v) is 9.16. The molecule has 204 valence electrons. The normalized spacial score (nSPS) is 19.3. The molecule has 1 aromatic heterocycles. The minimum atomic E-state index is 0.778. The summed E-state index contributed by atoms with van der Waals surface area (Å²) in [4.78, 5) is 9.61. The maximum atomic E-state index is 4.81. The van der Waals surface area contributed by atoms with Gasteiger partial charge in [-0.15, -0.1) is 0 Å². The molecule has 1 heterocycles. The Bertz CT molecular complexity index is 597. The Morgan fingerprint density at radius 3 is 1.25 bits per heavy atom. The lowest BCUT2D eigenvalue weighted by Gasteiger charge is -2.14. The SMILES string of the molecule is c1c(NCCCCC2CCCC2)nc(NCCCCC2CCCC2)nc1NCCCCC1CCCC1. The summed E-state index contributed by atoms with van der Waals surface area (Å²) in [7, 11) is 0. The molecule has 0 saturated heterocycles.